The molecule has 3 atom stereocenters. The molecule has 2 aliphatic rings. The summed E-state index contributed by atoms with van der Waals surface area (Å²) in [6, 6.07) is 10.7. The van der Waals surface area contributed by atoms with E-state index >= 15 is 0 Å². The van der Waals surface area contributed by atoms with E-state index in [1.54, 1.807) is 0 Å². The van der Waals surface area contributed by atoms with Crippen LogP contribution in [0.2, 0.25) is 0 Å². The maximum absolute atomic E-state index is 3.73. The first-order valence-corrected chi connectivity index (χ1v) is 9.23. The molecule has 116 valence electrons. The Hall–Kier alpha value is -0.380. The van der Waals surface area contributed by atoms with E-state index < -0.39 is 0 Å². The summed E-state index contributed by atoms with van der Waals surface area (Å²) in [5, 5.41) is 7.45. The summed E-state index contributed by atoms with van der Waals surface area (Å²) in [5.74, 6) is 0.937. The molecule has 3 heteroatoms. The molecule has 2 heterocycles. The standard InChI is InChI=1S/C18H27BrN2/c1-13(10-15-4-2-3-5-18(15)19)20-9-8-14-11-16-6-7-17(12-14)21-16/h2-5,13-14,16-17,20-21H,6-12H2,1H3. The third-order valence-electron chi connectivity index (χ3n) is 5.10. The Kier molecular flexibility index (Phi) is 5.36. The van der Waals surface area contributed by atoms with Gasteiger partial charge in [0.1, 0.15) is 0 Å². The molecule has 1 aromatic rings. The molecule has 2 N–H and O–H groups in total. The summed E-state index contributed by atoms with van der Waals surface area (Å²) in [6.07, 6.45) is 8.06. The zero-order chi connectivity index (χ0) is 14.7. The predicted molar refractivity (Wildman–Crippen MR) is 92.6 cm³/mol. The maximum Gasteiger partial charge on any atom is 0.0207 e. The Bertz CT molecular complexity index is 450. The van der Waals surface area contributed by atoms with E-state index in [2.05, 4.69) is 57.8 Å². The Balaban J connectivity index is 1.38. The van der Waals surface area contributed by atoms with Gasteiger partial charge in [-0.25, -0.2) is 0 Å². The van der Waals surface area contributed by atoms with Crippen molar-refractivity contribution in [1.29, 1.82) is 0 Å². The van der Waals surface area contributed by atoms with Gasteiger partial charge in [-0.15, -0.1) is 0 Å². The second-order valence-electron chi connectivity index (χ2n) is 6.91. The van der Waals surface area contributed by atoms with Crippen molar-refractivity contribution in [2.45, 2.75) is 63.6 Å². The van der Waals surface area contributed by atoms with Crippen molar-refractivity contribution in [3.05, 3.63) is 34.3 Å². The van der Waals surface area contributed by atoms with Crippen LogP contribution in [0, 0.1) is 5.92 Å². The van der Waals surface area contributed by atoms with Crippen LogP contribution in [-0.4, -0.2) is 24.7 Å². The Morgan fingerprint density at radius 3 is 2.67 bits per heavy atom. The number of halogens is 1. The first kappa shape index (κ1) is 15.5. The van der Waals surface area contributed by atoms with Gasteiger partial charge >= 0.3 is 0 Å². The molecule has 2 saturated heterocycles. The Morgan fingerprint density at radius 1 is 1.24 bits per heavy atom. The lowest BCUT2D eigenvalue weighted by molar-refractivity contribution is 0.281. The van der Waals surface area contributed by atoms with Gasteiger partial charge in [-0.05, 0) is 69.5 Å². The molecule has 0 saturated carbocycles. The third-order valence-corrected chi connectivity index (χ3v) is 5.87. The minimum absolute atomic E-state index is 0.544. The normalized spacial score (nSPS) is 29.5. The molecule has 0 aromatic heterocycles. The van der Waals surface area contributed by atoms with E-state index in [0.717, 1.165) is 31.0 Å². The summed E-state index contributed by atoms with van der Waals surface area (Å²) >= 11 is 3.64. The molecule has 0 radical (unpaired) electrons. The molecule has 0 amide bonds. The van der Waals surface area contributed by atoms with Gasteiger partial charge in [0.15, 0.2) is 0 Å². The molecule has 21 heavy (non-hydrogen) atoms. The number of rotatable bonds is 6. The van der Waals surface area contributed by atoms with Gasteiger partial charge < -0.3 is 10.6 Å². The van der Waals surface area contributed by atoms with E-state index in [4.69, 9.17) is 0 Å². The highest BCUT2D eigenvalue weighted by Gasteiger charge is 2.32. The number of nitrogens with one attached hydrogen (secondary N) is 2. The number of benzene rings is 1. The van der Waals surface area contributed by atoms with Crippen molar-refractivity contribution in [3.63, 3.8) is 0 Å². The second kappa shape index (κ2) is 7.26. The molecule has 2 aliphatic heterocycles. The maximum atomic E-state index is 3.73. The fourth-order valence-corrected chi connectivity index (χ4v) is 4.46. The lowest BCUT2D eigenvalue weighted by Gasteiger charge is -2.29. The van der Waals surface area contributed by atoms with Gasteiger partial charge in [-0.2, -0.15) is 0 Å². The van der Waals surface area contributed by atoms with Gasteiger partial charge in [0.05, 0.1) is 0 Å². The fourth-order valence-electron chi connectivity index (χ4n) is 4.01. The lowest BCUT2D eigenvalue weighted by atomic mass is 9.89. The molecule has 0 spiro atoms. The highest BCUT2D eigenvalue weighted by molar-refractivity contribution is 9.10. The summed E-state index contributed by atoms with van der Waals surface area (Å²) in [6.45, 7) is 3.46. The molecule has 2 nitrogen and oxygen atoms in total. The average Bonchev–Trinajstić information content (AvgIpc) is 2.80. The predicted octanol–water partition coefficient (Wildman–Crippen LogP) is 3.89. The van der Waals surface area contributed by atoms with Crippen molar-refractivity contribution in [1.82, 2.24) is 10.6 Å². The second-order valence-corrected chi connectivity index (χ2v) is 7.77. The zero-order valence-electron chi connectivity index (χ0n) is 12.9. The molecule has 0 aliphatic carbocycles. The van der Waals surface area contributed by atoms with Crippen LogP contribution in [0.15, 0.2) is 28.7 Å². The van der Waals surface area contributed by atoms with E-state index in [1.807, 2.05) is 0 Å². The molecule has 2 bridgehead atoms. The molecular weight excluding hydrogens is 324 g/mol. The quantitative estimate of drug-likeness (QED) is 0.813. The average molecular weight is 351 g/mol. The lowest BCUT2D eigenvalue weighted by Crippen LogP contribution is -2.39. The summed E-state index contributed by atoms with van der Waals surface area (Å²) in [7, 11) is 0. The van der Waals surface area contributed by atoms with Crippen molar-refractivity contribution in [2.24, 2.45) is 5.92 Å². The van der Waals surface area contributed by atoms with Crippen molar-refractivity contribution < 1.29 is 0 Å². The molecule has 3 unspecified atom stereocenters. The Labute approximate surface area is 137 Å². The van der Waals surface area contributed by atoms with Crippen LogP contribution in [0.1, 0.15) is 44.6 Å². The van der Waals surface area contributed by atoms with Crippen LogP contribution in [0.4, 0.5) is 0 Å². The third kappa shape index (κ3) is 4.30. The molecule has 3 rings (SSSR count). The first-order valence-electron chi connectivity index (χ1n) is 8.43. The monoisotopic (exact) mass is 350 g/mol. The van der Waals surface area contributed by atoms with Crippen LogP contribution in [-0.2, 0) is 6.42 Å². The van der Waals surface area contributed by atoms with Gasteiger partial charge in [0.2, 0.25) is 0 Å². The van der Waals surface area contributed by atoms with E-state index in [9.17, 15) is 0 Å². The highest BCUT2D eigenvalue weighted by Crippen LogP contribution is 2.32. The van der Waals surface area contributed by atoms with E-state index in [-0.39, 0.29) is 0 Å². The van der Waals surface area contributed by atoms with Gasteiger partial charge in [-0.3, -0.25) is 0 Å². The number of hydrogen-bond acceptors (Lipinski definition) is 2. The smallest absolute Gasteiger partial charge is 0.0207 e. The van der Waals surface area contributed by atoms with E-state index in [0.29, 0.717) is 6.04 Å². The molecule has 1 aromatic carbocycles. The number of fused-ring (bicyclic) bond motifs is 2. The number of piperidine rings is 1. The van der Waals surface area contributed by atoms with Gasteiger partial charge in [0.25, 0.3) is 0 Å². The molecular formula is C18H27BrN2. The number of hydrogen-bond donors (Lipinski definition) is 2. The topological polar surface area (TPSA) is 24.1 Å². The van der Waals surface area contributed by atoms with Crippen LogP contribution in [0.5, 0.6) is 0 Å². The largest absolute Gasteiger partial charge is 0.314 e. The van der Waals surface area contributed by atoms with Crippen LogP contribution >= 0.6 is 15.9 Å². The Morgan fingerprint density at radius 2 is 1.95 bits per heavy atom. The highest BCUT2D eigenvalue weighted by atomic mass is 79.9. The first-order chi connectivity index (χ1) is 10.2. The minimum atomic E-state index is 0.544. The SMILES string of the molecule is CC(Cc1ccccc1Br)NCCC1CC2CCC(C1)N2. The molecule has 2 fully saturated rings. The van der Waals surface area contributed by atoms with E-state index in [1.165, 1.54) is 42.1 Å². The fraction of sp³-hybridized carbons (Fsp3) is 0.667. The van der Waals surface area contributed by atoms with Crippen molar-refractivity contribution in [2.75, 3.05) is 6.54 Å². The van der Waals surface area contributed by atoms with Crippen LogP contribution in [0.3, 0.4) is 0 Å². The summed E-state index contributed by atoms with van der Waals surface area (Å²) in [4.78, 5) is 0. The van der Waals surface area contributed by atoms with Crippen molar-refractivity contribution in [3.8, 4) is 0 Å². The van der Waals surface area contributed by atoms with Gasteiger partial charge in [0, 0.05) is 22.6 Å². The van der Waals surface area contributed by atoms with Crippen LogP contribution < -0.4 is 10.6 Å². The summed E-state index contributed by atoms with van der Waals surface area (Å²) < 4.78 is 1.23. The van der Waals surface area contributed by atoms with Crippen molar-refractivity contribution >= 4 is 15.9 Å². The van der Waals surface area contributed by atoms with Crippen LogP contribution in [0.25, 0.3) is 0 Å². The summed E-state index contributed by atoms with van der Waals surface area (Å²) in [5.41, 5.74) is 1.40. The zero-order valence-corrected chi connectivity index (χ0v) is 14.5. The minimum Gasteiger partial charge on any atom is -0.314 e. The van der Waals surface area contributed by atoms with Gasteiger partial charge in [-0.1, -0.05) is 34.1 Å².